The molecule has 0 fully saturated rings. The minimum atomic E-state index is 0.138. The number of anilines is 1. The maximum absolute atomic E-state index is 3.50. The summed E-state index contributed by atoms with van der Waals surface area (Å²) in [4.78, 5) is 0. The first-order valence-corrected chi connectivity index (χ1v) is 6.15. The standard InChI is InChI=1S/C14H22N2/c1-14(2,15-3)10-16-13-8-7-11-5-4-6-12(11)9-13/h7-9,15-16H,4-6,10H2,1-3H3. The Labute approximate surface area is 98.4 Å². The highest BCUT2D eigenvalue weighted by Crippen LogP contribution is 2.25. The smallest absolute Gasteiger partial charge is 0.0343 e. The minimum absolute atomic E-state index is 0.138. The molecule has 0 heterocycles. The van der Waals surface area contributed by atoms with Crippen LogP contribution >= 0.6 is 0 Å². The Bertz CT molecular complexity index is 369. The number of nitrogens with one attached hydrogen (secondary N) is 2. The summed E-state index contributed by atoms with van der Waals surface area (Å²) < 4.78 is 0. The van der Waals surface area contributed by atoms with Gasteiger partial charge in [-0.05, 0) is 63.4 Å². The monoisotopic (exact) mass is 218 g/mol. The van der Waals surface area contributed by atoms with Crippen LogP contribution in [0.25, 0.3) is 0 Å². The molecular weight excluding hydrogens is 196 g/mol. The third-order valence-corrected chi connectivity index (χ3v) is 3.51. The van der Waals surface area contributed by atoms with Crippen LogP contribution < -0.4 is 10.6 Å². The summed E-state index contributed by atoms with van der Waals surface area (Å²) >= 11 is 0. The van der Waals surface area contributed by atoms with Crippen molar-refractivity contribution in [1.82, 2.24) is 5.32 Å². The van der Waals surface area contributed by atoms with Gasteiger partial charge in [-0.2, -0.15) is 0 Å². The van der Waals surface area contributed by atoms with E-state index in [2.05, 4.69) is 42.7 Å². The number of fused-ring (bicyclic) bond motifs is 1. The Morgan fingerprint density at radius 3 is 2.69 bits per heavy atom. The van der Waals surface area contributed by atoms with Gasteiger partial charge in [0.25, 0.3) is 0 Å². The van der Waals surface area contributed by atoms with Crippen molar-refractivity contribution in [2.24, 2.45) is 0 Å². The lowest BCUT2D eigenvalue weighted by atomic mass is 10.1. The van der Waals surface area contributed by atoms with Crippen molar-refractivity contribution in [3.8, 4) is 0 Å². The van der Waals surface area contributed by atoms with Gasteiger partial charge < -0.3 is 10.6 Å². The predicted molar refractivity (Wildman–Crippen MR) is 70.1 cm³/mol. The van der Waals surface area contributed by atoms with Crippen molar-refractivity contribution in [1.29, 1.82) is 0 Å². The molecule has 1 aromatic rings. The van der Waals surface area contributed by atoms with Gasteiger partial charge in [-0.3, -0.25) is 0 Å². The van der Waals surface area contributed by atoms with E-state index in [1.165, 1.54) is 30.5 Å². The molecule has 2 N–H and O–H groups in total. The SMILES string of the molecule is CNC(C)(C)CNc1ccc2c(c1)CCC2. The van der Waals surface area contributed by atoms with E-state index in [9.17, 15) is 0 Å². The van der Waals surface area contributed by atoms with Gasteiger partial charge in [0.1, 0.15) is 0 Å². The molecule has 2 nitrogen and oxygen atoms in total. The molecule has 0 aromatic heterocycles. The zero-order chi connectivity index (χ0) is 11.6. The molecule has 1 aliphatic carbocycles. The molecule has 2 rings (SSSR count). The van der Waals surface area contributed by atoms with Crippen LogP contribution in [0.2, 0.25) is 0 Å². The van der Waals surface area contributed by atoms with Gasteiger partial charge in [-0.15, -0.1) is 0 Å². The molecule has 0 unspecified atom stereocenters. The van der Waals surface area contributed by atoms with Crippen molar-refractivity contribution < 1.29 is 0 Å². The molecule has 0 bridgehead atoms. The number of rotatable bonds is 4. The average molecular weight is 218 g/mol. The van der Waals surface area contributed by atoms with Crippen LogP contribution in [0.5, 0.6) is 0 Å². The first kappa shape index (κ1) is 11.5. The van der Waals surface area contributed by atoms with Crippen molar-refractivity contribution in [2.45, 2.75) is 38.6 Å². The van der Waals surface area contributed by atoms with Crippen molar-refractivity contribution in [2.75, 3.05) is 18.9 Å². The first-order chi connectivity index (χ1) is 7.61. The van der Waals surface area contributed by atoms with E-state index in [0.717, 1.165) is 6.54 Å². The summed E-state index contributed by atoms with van der Waals surface area (Å²) in [6, 6.07) is 6.79. The number of benzene rings is 1. The second-order valence-corrected chi connectivity index (χ2v) is 5.32. The average Bonchev–Trinajstić information content (AvgIpc) is 2.73. The van der Waals surface area contributed by atoms with E-state index in [0.29, 0.717) is 0 Å². The van der Waals surface area contributed by atoms with Gasteiger partial charge in [0.15, 0.2) is 0 Å². The van der Waals surface area contributed by atoms with Crippen molar-refractivity contribution in [3.05, 3.63) is 29.3 Å². The third-order valence-electron chi connectivity index (χ3n) is 3.51. The number of aryl methyl sites for hydroxylation is 2. The molecule has 2 heteroatoms. The molecule has 0 amide bonds. The molecule has 0 radical (unpaired) electrons. The summed E-state index contributed by atoms with van der Waals surface area (Å²) in [6.07, 6.45) is 3.83. The molecule has 0 aliphatic heterocycles. The molecule has 16 heavy (non-hydrogen) atoms. The zero-order valence-electron chi connectivity index (χ0n) is 10.6. The topological polar surface area (TPSA) is 24.1 Å². The fourth-order valence-corrected chi connectivity index (χ4v) is 2.09. The quantitative estimate of drug-likeness (QED) is 0.811. The lowest BCUT2D eigenvalue weighted by Gasteiger charge is -2.25. The minimum Gasteiger partial charge on any atom is -0.383 e. The molecule has 1 aromatic carbocycles. The maximum Gasteiger partial charge on any atom is 0.0343 e. The lowest BCUT2D eigenvalue weighted by molar-refractivity contribution is 0.448. The molecule has 0 spiro atoms. The van der Waals surface area contributed by atoms with Crippen LogP contribution in [0.3, 0.4) is 0 Å². The van der Waals surface area contributed by atoms with E-state index >= 15 is 0 Å². The fourth-order valence-electron chi connectivity index (χ4n) is 2.09. The first-order valence-electron chi connectivity index (χ1n) is 6.15. The number of hydrogen-bond acceptors (Lipinski definition) is 2. The summed E-state index contributed by atoms with van der Waals surface area (Å²) in [7, 11) is 2.00. The Balaban J connectivity index is 2.00. The van der Waals surface area contributed by atoms with Crippen LogP contribution in [0.15, 0.2) is 18.2 Å². The van der Waals surface area contributed by atoms with Gasteiger partial charge in [-0.1, -0.05) is 6.07 Å². The third kappa shape index (κ3) is 2.56. The van der Waals surface area contributed by atoms with Crippen molar-refractivity contribution in [3.63, 3.8) is 0 Å². The van der Waals surface area contributed by atoms with E-state index in [1.807, 2.05) is 7.05 Å². The number of hydrogen-bond donors (Lipinski definition) is 2. The van der Waals surface area contributed by atoms with Crippen LogP contribution in [-0.4, -0.2) is 19.1 Å². The van der Waals surface area contributed by atoms with E-state index < -0.39 is 0 Å². The van der Waals surface area contributed by atoms with Crippen LogP contribution in [0.1, 0.15) is 31.4 Å². The van der Waals surface area contributed by atoms with Crippen molar-refractivity contribution >= 4 is 5.69 Å². The van der Waals surface area contributed by atoms with E-state index in [-0.39, 0.29) is 5.54 Å². The summed E-state index contributed by atoms with van der Waals surface area (Å²) in [5, 5.41) is 6.80. The Morgan fingerprint density at radius 1 is 1.19 bits per heavy atom. The van der Waals surface area contributed by atoms with Gasteiger partial charge >= 0.3 is 0 Å². The van der Waals surface area contributed by atoms with Gasteiger partial charge in [0.2, 0.25) is 0 Å². The summed E-state index contributed by atoms with van der Waals surface area (Å²) in [5.41, 5.74) is 4.47. The Hall–Kier alpha value is -1.02. The molecule has 0 saturated carbocycles. The maximum atomic E-state index is 3.50. The van der Waals surface area contributed by atoms with Gasteiger partial charge in [-0.25, -0.2) is 0 Å². The van der Waals surface area contributed by atoms with E-state index in [1.54, 1.807) is 5.56 Å². The van der Waals surface area contributed by atoms with Gasteiger partial charge in [0, 0.05) is 17.8 Å². The Kier molecular flexibility index (Phi) is 3.20. The molecular formula is C14H22N2. The highest BCUT2D eigenvalue weighted by molar-refractivity contribution is 5.50. The summed E-state index contributed by atoms with van der Waals surface area (Å²) in [6.45, 7) is 5.35. The Morgan fingerprint density at radius 2 is 1.94 bits per heavy atom. The highest BCUT2D eigenvalue weighted by atomic mass is 15.0. The fraction of sp³-hybridized carbons (Fsp3) is 0.571. The number of likely N-dealkylation sites (N-methyl/N-ethyl adjacent to an activating group) is 1. The lowest BCUT2D eigenvalue weighted by Crippen LogP contribution is -2.42. The molecule has 0 atom stereocenters. The van der Waals surface area contributed by atoms with Crippen LogP contribution in [-0.2, 0) is 12.8 Å². The molecule has 0 saturated heterocycles. The normalized spacial score (nSPS) is 14.9. The largest absolute Gasteiger partial charge is 0.383 e. The zero-order valence-corrected chi connectivity index (χ0v) is 10.6. The second kappa shape index (κ2) is 4.46. The predicted octanol–water partition coefficient (Wildman–Crippen LogP) is 2.59. The summed E-state index contributed by atoms with van der Waals surface area (Å²) in [5.74, 6) is 0. The van der Waals surface area contributed by atoms with Crippen LogP contribution in [0, 0.1) is 0 Å². The molecule has 1 aliphatic rings. The highest BCUT2D eigenvalue weighted by Gasteiger charge is 2.15. The van der Waals surface area contributed by atoms with Crippen LogP contribution in [0.4, 0.5) is 5.69 Å². The molecule has 88 valence electrons. The van der Waals surface area contributed by atoms with E-state index in [4.69, 9.17) is 0 Å². The second-order valence-electron chi connectivity index (χ2n) is 5.32. The van der Waals surface area contributed by atoms with Gasteiger partial charge in [0.05, 0.1) is 0 Å².